The third kappa shape index (κ3) is 4.57. The highest BCUT2D eigenvalue weighted by molar-refractivity contribution is 5.96. The lowest BCUT2D eigenvalue weighted by Gasteiger charge is -2.22. The van der Waals surface area contributed by atoms with Gasteiger partial charge in [0.1, 0.15) is 11.5 Å². The lowest BCUT2D eigenvalue weighted by molar-refractivity contribution is 0.0784. The number of likely N-dealkylation sites (tertiary alicyclic amines) is 1. The summed E-state index contributed by atoms with van der Waals surface area (Å²) in [6.07, 6.45) is 7.07. The van der Waals surface area contributed by atoms with Gasteiger partial charge in [0.05, 0.1) is 17.9 Å². The maximum Gasteiger partial charge on any atom is 0.290 e. The van der Waals surface area contributed by atoms with E-state index in [0.717, 1.165) is 30.2 Å². The second-order valence-corrected chi connectivity index (χ2v) is 10.5. The van der Waals surface area contributed by atoms with Crippen molar-refractivity contribution >= 4 is 5.91 Å². The molecule has 1 aromatic carbocycles. The Morgan fingerprint density at radius 3 is 2.48 bits per heavy atom. The van der Waals surface area contributed by atoms with Gasteiger partial charge in [-0.25, -0.2) is 4.39 Å². The molecule has 40 heavy (non-hydrogen) atoms. The summed E-state index contributed by atoms with van der Waals surface area (Å²) in [5.74, 6) is -1.36. The highest BCUT2D eigenvalue weighted by Crippen LogP contribution is 2.36. The molecular weight excluding hydrogens is 511 g/mol. The molecule has 1 amide bonds. The molecule has 1 unspecified atom stereocenters. The number of nitrogens with zero attached hydrogens (tertiary/aromatic N) is 6. The van der Waals surface area contributed by atoms with Crippen LogP contribution in [0.1, 0.15) is 72.2 Å². The molecule has 1 saturated heterocycles. The van der Waals surface area contributed by atoms with Crippen LogP contribution in [0.2, 0.25) is 0 Å². The van der Waals surface area contributed by atoms with Crippen molar-refractivity contribution in [2.75, 3.05) is 13.1 Å². The van der Waals surface area contributed by atoms with Crippen LogP contribution in [0.15, 0.2) is 53.6 Å². The van der Waals surface area contributed by atoms with E-state index in [2.05, 4.69) is 15.1 Å². The Labute approximate surface area is 230 Å². The number of benzene rings is 1. The first-order valence-corrected chi connectivity index (χ1v) is 13.8. The Morgan fingerprint density at radius 2 is 1.82 bits per heavy atom. The molecule has 4 aromatic rings. The van der Waals surface area contributed by atoms with Gasteiger partial charge in [-0.2, -0.15) is 10.1 Å². The van der Waals surface area contributed by atoms with E-state index in [4.69, 9.17) is 0 Å². The zero-order chi connectivity index (χ0) is 28.0. The molecule has 0 bridgehead atoms. The smallest absolute Gasteiger partial charge is 0.290 e. The molecule has 3 aromatic heterocycles. The zero-order valence-electron chi connectivity index (χ0n) is 22.5. The van der Waals surface area contributed by atoms with Crippen LogP contribution in [0.25, 0.3) is 17.2 Å². The number of aromatic hydroxyl groups is 1. The largest absolute Gasteiger partial charge is 0.493 e. The molecule has 1 atom stereocenters. The minimum Gasteiger partial charge on any atom is -0.493 e. The van der Waals surface area contributed by atoms with Gasteiger partial charge in [0, 0.05) is 30.9 Å². The summed E-state index contributed by atoms with van der Waals surface area (Å²) in [7, 11) is 0. The predicted molar refractivity (Wildman–Crippen MR) is 147 cm³/mol. The number of para-hydroxylation sites is 1. The SMILES string of the molecule is CCc1cccc(CC)c1-n1c(-c2ccn(C3CC3)n2)nc(=O)c(C(=O)N2CCC(c3ccc(F)cn3)C2)c1O. The summed E-state index contributed by atoms with van der Waals surface area (Å²) in [6.45, 7) is 4.72. The van der Waals surface area contributed by atoms with Gasteiger partial charge in [-0.15, -0.1) is 0 Å². The van der Waals surface area contributed by atoms with Crippen molar-refractivity contribution in [3.05, 3.63) is 87.3 Å². The number of hydrogen-bond donors (Lipinski definition) is 1. The minimum absolute atomic E-state index is 0.0972. The first-order valence-electron chi connectivity index (χ1n) is 13.8. The molecule has 6 rings (SSSR count). The second-order valence-electron chi connectivity index (χ2n) is 10.5. The second kappa shape index (κ2) is 10.3. The highest BCUT2D eigenvalue weighted by atomic mass is 19.1. The Bertz CT molecular complexity index is 1620. The number of halogens is 1. The van der Waals surface area contributed by atoms with Gasteiger partial charge in [-0.1, -0.05) is 32.0 Å². The van der Waals surface area contributed by atoms with Crippen molar-refractivity contribution in [3.8, 4) is 23.1 Å². The molecule has 0 spiro atoms. The van der Waals surface area contributed by atoms with Crippen LogP contribution >= 0.6 is 0 Å². The van der Waals surface area contributed by atoms with Crippen molar-refractivity contribution in [1.82, 2.24) is 29.2 Å². The number of hydrogen-bond acceptors (Lipinski definition) is 6. The van der Waals surface area contributed by atoms with Crippen LogP contribution in [-0.2, 0) is 12.8 Å². The Kier molecular flexibility index (Phi) is 6.69. The molecule has 1 aliphatic carbocycles. The first kappa shape index (κ1) is 25.9. The zero-order valence-corrected chi connectivity index (χ0v) is 22.5. The van der Waals surface area contributed by atoms with Crippen LogP contribution in [0.3, 0.4) is 0 Å². The molecule has 1 N–H and O–H groups in total. The monoisotopic (exact) mass is 542 g/mol. The molecule has 4 heterocycles. The summed E-state index contributed by atoms with van der Waals surface area (Å²) in [4.78, 5) is 37.3. The van der Waals surface area contributed by atoms with E-state index >= 15 is 0 Å². The van der Waals surface area contributed by atoms with E-state index in [0.29, 0.717) is 55.5 Å². The van der Waals surface area contributed by atoms with Crippen molar-refractivity contribution in [3.63, 3.8) is 0 Å². The topological polar surface area (TPSA) is 106 Å². The van der Waals surface area contributed by atoms with Crippen LogP contribution in [-0.4, -0.2) is 53.3 Å². The lowest BCUT2D eigenvalue weighted by Crippen LogP contribution is -2.34. The summed E-state index contributed by atoms with van der Waals surface area (Å²) < 4.78 is 16.8. The average Bonchev–Trinajstić information content (AvgIpc) is 3.48. The highest BCUT2D eigenvalue weighted by Gasteiger charge is 2.34. The van der Waals surface area contributed by atoms with Gasteiger partial charge in [-0.05, 0) is 61.4 Å². The summed E-state index contributed by atoms with van der Waals surface area (Å²) in [5.41, 5.74) is 2.57. The van der Waals surface area contributed by atoms with Gasteiger partial charge in [0.15, 0.2) is 11.4 Å². The fourth-order valence-electron chi connectivity index (χ4n) is 5.56. The quantitative estimate of drug-likeness (QED) is 0.371. The number of carbonyl (C=O) groups excluding carboxylic acids is 1. The molecule has 1 aliphatic heterocycles. The molecule has 2 aliphatic rings. The van der Waals surface area contributed by atoms with Crippen LogP contribution in [0.4, 0.5) is 4.39 Å². The molecule has 206 valence electrons. The standard InChI is InChI=1S/C30H31FN6O3/c1-3-18-6-5-7-19(4-2)26(18)37-27(24-13-15-36(34-24)22-9-10-22)33-28(38)25(30(37)40)29(39)35-14-12-20(17-35)23-11-8-21(31)16-32-23/h5-8,11,13,15-16,20,22,40H,3-4,9-10,12,14,17H2,1-2H3. The van der Waals surface area contributed by atoms with Gasteiger partial charge in [0.25, 0.3) is 11.5 Å². The van der Waals surface area contributed by atoms with Crippen molar-refractivity contribution < 1.29 is 14.3 Å². The lowest BCUT2D eigenvalue weighted by atomic mass is 10.0. The summed E-state index contributed by atoms with van der Waals surface area (Å²) in [5, 5.41) is 16.4. The van der Waals surface area contributed by atoms with Crippen LogP contribution < -0.4 is 5.56 Å². The van der Waals surface area contributed by atoms with Crippen molar-refractivity contribution in [2.45, 2.75) is 57.9 Å². The average molecular weight is 543 g/mol. The van der Waals surface area contributed by atoms with Crippen LogP contribution in [0.5, 0.6) is 5.88 Å². The van der Waals surface area contributed by atoms with Crippen molar-refractivity contribution in [2.24, 2.45) is 0 Å². The molecule has 10 heteroatoms. The molecule has 1 saturated carbocycles. The van der Waals surface area contributed by atoms with E-state index in [-0.39, 0.29) is 17.3 Å². The fraction of sp³-hybridized carbons (Fsp3) is 0.367. The molecular formula is C30H31FN6O3. The van der Waals surface area contributed by atoms with Gasteiger partial charge < -0.3 is 10.0 Å². The molecule has 9 nitrogen and oxygen atoms in total. The maximum absolute atomic E-state index is 13.8. The van der Waals surface area contributed by atoms with E-state index < -0.39 is 23.2 Å². The third-order valence-electron chi connectivity index (χ3n) is 7.87. The predicted octanol–water partition coefficient (Wildman–Crippen LogP) is 4.43. The maximum atomic E-state index is 13.8. The number of aromatic nitrogens is 5. The van der Waals surface area contributed by atoms with Gasteiger partial charge in [0.2, 0.25) is 5.88 Å². The fourth-order valence-corrected chi connectivity index (χ4v) is 5.56. The number of amides is 1. The van der Waals surface area contributed by atoms with Crippen molar-refractivity contribution in [1.29, 1.82) is 0 Å². The van der Waals surface area contributed by atoms with Crippen LogP contribution in [0, 0.1) is 5.82 Å². The third-order valence-corrected chi connectivity index (χ3v) is 7.87. The van der Waals surface area contributed by atoms with Gasteiger partial charge >= 0.3 is 0 Å². The normalized spacial score (nSPS) is 17.0. The summed E-state index contributed by atoms with van der Waals surface area (Å²) >= 11 is 0. The Morgan fingerprint density at radius 1 is 1.07 bits per heavy atom. The summed E-state index contributed by atoms with van der Waals surface area (Å²) in [6, 6.07) is 11.0. The Balaban J connectivity index is 1.46. The number of aryl methyl sites for hydroxylation is 2. The number of rotatable bonds is 7. The molecule has 2 fully saturated rings. The minimum atomic E-state index is -0.801. The van der Waals surface area contributed by atoms with E-state index in [9.17, 15) is 19.1 Å². The van der Waals surface area contributed by atoms with E-state index in [1.165, 1.54) is 15.5 Å². The van der Waals surface area contributed by atoms with E-state index in [1.807, 2.05) is 42.9 Å². The number of carbonyl (C=O) groups is 1. The van der Waals surface area contributed by atoms with E-state index in [1.54, 1.807) is 12.1 Å². The first-order chi connectivity index (χ1) is 19.4. The number of pyridine rings is 1. The molecule has 0 radical (unpaired) electrons. The Hall–Kier alpha value is -4.34. The van der Waals surface area contributed by atoms with Gasteiger partial charge in [-0.3, -0.25) is 23.8 Å².